The van der Waals surface area contributed by atoms with Crippen molar-refractivity contribution < 1.29 is 4.39 Å². The molecule has 0 spiro atoms. The number of guanidine groups is 1. The SMILES string of the molecule is CN=C(NCc1ccc(F)c(CN(C)C)c1)NC1CCCN(c2ccccc2)C1. The number of piperidine rings is 1. The Morgan fingerprint density at radius 3 is 2.72 bits per heavy atom. The predicted molar refractivity (Wildman–Crippen MR) is 119 cm³/mol. The summed E-state index contributed by atoms with van der Waals surface area (Å²) in [7, 11) is 5.67. The lowest BCUT2D eigenvalue weighted by molar-refractivity contribution is 0.392. The van der Waals surface area contributed by atoms with E-state index in [1.54, 1.807) is 13.1 Å². The van der Waals surface area contributed by atoms with Crippen molar-refractivity contribution in [2.24, 2.45) is 4.99 Å². The van der Waals surface area contributed by atoms with Crippen LogP contribution in [0.25, 0.3) is 0 Å². The number of aliphatic imine (C=N–C) groups is 1. The van der Waals surface area contributed by atoms with Crippen LogP contribution in [-0.2, 0) is 13.1 Å². The number of hydrogen-bond donors (Lipinski definition) is 2. The van der Waals surface area contributed by atoms with Gasteiger partial charge in [-0.15, -0.1) is 0 Å². The van der Waals surface area contributed by atoms with Gasteiger partial charge in [-0.3, -0.25) is 4.99 Å². The molecule has 5 nitrogen and oxygen atoms in total. The predicted octanol–water partition coefficient (Wildman–Crippen LogP) is 3.22. The van der Waals surface area contributed by atoms with Crippen molar-refractivity contribution in [3.8, 4) is 0 Å². The molecule has 0 saturated carbocycles. The van der Waals surface area contributed by atoms with Crippen molar-refractivity contribution >= 4 is 11.6 Å². The quantitative estimate of drug-likeness (QED) is 0.580. The van der Waals surface area contributed by atoms with Crippen LogP contribution in [0.3, 0.4) is 0 Å². The van der Waals surface area contributed by atoms with Crippen LogP contribution in [-0.4, -0.2) is 51.1 Å². The molecule has 0 amide bonds. The average molecular weight is 398 g/mol. The maximum atomic E-state index is 14.0. The Labute approximate surface area is 173 Å². The lowest BCUT2D eigenvalue weighted by atomic mass is 10.0. The van der Waals surface area contributed by atoms with E-state index >= 15 is 0 Å². The summed E-state index contributed by atoms with van der Waals surface area (Å²) in [5.41, 5.74) is 3.02. The van der Waals surface area contributed by atoms with Crippen molar-refractivity contribution in [1.82, 2.24) is 15.5 Å². The Morgan fingerprint density at radius 2 is 2.00 bits per heavy atom. The van der Waals surface area contributed by atoms with Gasteiger partial charge in [0.05, 0.1) is 0 Å². The number of halogens is 1. The molecule has 1 atom stereocenters. The number of para-hydroxylation sites is 1. The highest BCUT2D eigenvalue weighted by Gasteiger charge is 2.20. The van der Waals surface area contributed by atoms with Crippen LogP contribution >= 0.6 is 0 Å². The molecule has 1 saturated heterocycles. The fourth-order valence-electron chi connectivity index (χ4n) is 3.74. The first kappa shape index (κ1) is 21.1. The summed E-state index contributed by atoms with van der Waals surface area (Å²) in [6, 6.07) is 16.2. The lowest BCUT2D eigenvalue weighted by Gasteiger charge is -2.35. The normalized spacial score (nSPS) is 17.5. The maximum absolute atomic E-state index is 14.0. The van der Waals surface area contributed by atoms with Crippen molar-refractivity contribution in [1.29, 1.82) is 0 Å². The van der Waals surface area contributed by atoms with Gasteiger partial charge >= 0.3 is 0 Å². The number of benzene rings is 2. The summed E-state index contributed by atoms with van der Waals surface area (Å²) < 4.78 is 14.0. The number of anilines is 1. The molecule has 2 aromatic carbocycles. The molecule has 3 rings (SSSR count). The van der Waals surface area contributed by atoms with Crippen LogP contribution in [0.4, 0.5) is 10.1 Å². The molecule has 0 radical (unpaired) electrons. The number of hydrogen-bond acceptors (Lipinski definition) is 3. The Balaban J connectivity index is 1.55. The first-order chi connectivity index (χ1) is 14.0. The van der Waals surface area contributed by atoms with E-state index in [4.69, 9.17) is 0 Å². The smallest absolute Gasteiger partial charge is 0.191 e. The van der Waals surface area contributed by atoms with Gasteiger partial charge in [-0.2, -0.15) is 0 Å². The van der Waals surface area contributed by atoms with Gasteiger partial charge in [0.25, 0.3) is 0 Å². The molecule has 0 bridgehead atoms. The van der Waals surface area contributed by atoms with Gasteiger partial charge in [0.15, 0.2) is 5.96 Å². The Hall–Kier alpha value is -2.60. The van der Waals surface area contributed by atoms with Gasteiger partial charge in [-0.25, -0.2) is 4.39 Å². The van der Waals surface area contributed by atoms with Gasteiger partial charge in [-0.05, 0) is 56.8 Å². The fourth-order valence-corrected chi connectivity index (χ4v) is 3.74. The van der Waals surface area contributed by atoms with Crippen molar-refractivity contribution in [2.75, 3.05) is 39.1 Å². The minimum absolute atomic E-state index is 0.159. The molecule has 1 aliphatic heterocycles. The second-order valence-electron chi connectivity index (χ2n) is 7.85. The van der Waals surface area contributed by atoms with E-state index in [0.717, 1.165) is 37.5 Å². The molecule has 0 aliphatic carbocycles. The maximum Gasteiger partial charge on any atom is 0.191 e. The van der Waals surface area contributed by atoms with Crippen LogP contribution in [0.5, 0.6) is 0 Å². The van der Waals surface area contributed by atoms with E-state index in [2.05, 4.69) is 44.8 Å². The molecule has 2 N–H and O–H groups in total. The molecular formula is C23H32FN5. The molecule has 1 heterocycles. The van der Waals surface area contributed by atoms with Gasteiger partial charge in [-0.1, -0.05) is 24.3 Å². The van der Waals surface area contributed by atoms with E-state index in [1.165, 1.54) is 5.69 Å². The summed E-state index contributed by atoms with van der Waals surface area (Å²) in [6.07, 6.45) is 2.27. The zero-order valence-electron chi connectivity index (χ0n) is 17.7. The summed E-state index contributed by atoms with van der Waals surface area (Å²) in [5, 5.41) is 6.92. The van der Waals surface area contributed by atoms with Crippen LogP contribution in [0, 0.1) is 5.82 Å². The zero-order valence-corrected chi connectivity index (χ0v) is 17.7. The van der Waals surface area contributed by atoms with E-state index in [9.17, 15) is 4.39 Å². The highest BCUT2D eigenvalue weighted by molar-refractivity contribution is 5.80. The lowest BCUT2D eigenvalue weighted by Crippen LogP contribution is -2.51. The molecule has 1 unspecified atom stereocenters. The Morgan fingerprint density at radius 1 is 1.21 bits per heavy atom. The minimum Gasteiger partial charge on any atom is -0.369 e. The van der Waals surface area contributed by atoms with Gasteiger partial charge in [0.1, 0.15) is 5.82 Å². The fraction of sp³-hybridized carbons (Fsp3) is 0.435. The first-order valence-electron chi connectivity index (χ1n) is 10.2. The summed E-state index contributed by atoms with van der Waals surface area (Å²) in [6.45, 7) is 3.23. The highest BCUT2D eigenvalue weighted by Crippen LogP contribution is 2.19. The number of rotatable bonds is 6. The topological polar surface area (TPSA) is 42.9 Å². The molecule has 2 aromatic rings. The monoisotopic (exact) mass is 397 g/mol. The second kappa shape index (κ2) is 10.3. The molecule has 6 heteroatoms. The van der Waals surface area contributed by atoms with Crippen molar-refractivity contribution in [2.45, 2.75) is 32.0 Å². The minimum atomic E-state index is -0.159. The van der Waals surface area contributed by atoms with Crippen LogP contribution < -0.4 is 15.5 Å². The summed E-state index contributed by atoms with van der Waals surface area (Å²) in [5.74, 6) is 0.622. The highest BCUT2D eigenvalue weighted by atomic mass is 19.1. The van der Waals surface area contributed by atoms with Crippen LogP contribution in [0.1, 0.15) is 24.0 Å². The van der Waals surface area contributed by atoms with Gasteiger partial charge < -0.3 is 20.4 Å². The molecular weight excluding hydrogens is 365 g/mol. The van der Waals surface area contributed by atoms with Gasteiger partial charge in [0.2, 0.25) is 0 Å². The van der Waals surface area contributed by atoms with E-state index in [0.29, 0.717) is 24.7 Å². The van der Waals surface area contributed by atoms with Crippen molar-refractivity contribution in [3.63, 3.8) is 0 Å². The third-order valence-electron chi connectivity index (χ3n) is 5.16. The first-order valence-corrected chi connectivity index (χ1v) is 10.2. The van der Waals surface area contributed by atoms with Gasteiger partial charge in [0, 0.05) is 50.5 Å². The summed E-state index contributed by atoms with van der Waals surface area (Å²) in [4.78, 5) is 8.77. The third-order valence-corrected chi connectivity index (χ3v) is 5.16. The average Bonchev–Trinajstić information content (AvgIpc) is 2.73. The standard InChI is InChI=1S/C23H32FN5/c1-25-23(26-15-18-11-12-22(24)19(14-18)16-28(2)3)27-20-8-7-13-29(17-20)21-9-5-4-6-10-21/h4-6,9-12,14,20H,7-8,13,15-17H2,1-3H3,(H2,25,26,27). The zero-order chi connectivity index (χ0) is 20.6. The second-order valence-corrected chi connectivity index (χ2v) is 7.85. The molecule has 1 aliphatic rings. The van der Waals surface area contributed by atoms with E-state index in [1.807, 2.05) is 37.2 Å². The Kier molecular flexibility index (Phi) is 7.47. The summed E-state index contributed by atoms with van der Waals surface area (Å²) >= 11 is 0. The van der Waals surface area contributed by atoms with Crippen molar-refractivity contribution in [3.05, 3.63) is 65.5 Å². The molecule has 1 fully saturated rings. The number of nitrogens with zero attached hydrogens (tertiary/aromatic N) is 3. The molecule has 29 heavy (non-hydrogen) atoms. The van der Waals surface area contributed by atoms with Crippen LogP contribution in [0.2, 0.25) is 0 Å². The van der Waals surface area contributed by atoms with E-state index in [-0.39, 0.29) is 5.82 Å². The third kappa shape index (κ3) is 6.19. The molecule has 0 aromatic heterocycles. The Bertz CT molecular complexity index is 806. The largest absolute Gasteiger partial charge is 0.369 e. The van der Waals surface area contributed by atoms with E-state index < -0.39 is 0 Å². The number of nitrogens with one attached hydrogen (secondary N) is 2. The molecule has 156 valence electrons. The van der Waals surface area contributed by atoms with Crippen LogP contribution in [0.15, 0.2) is 53.5 Å².